The first-order valence-electron chi connectivity index (χ1n) is 6.65. The molecule has 3 nitrogen and oxygen atoms in total. The van der Waals surface area contributed by atoms with Gasteiger partial charge in [0.05, 0.1) is 6.10 Å². The van der Waals surface area contributed by atoms with E-state index in [1.165, 1.54) is 5.69 Å². The number of hydrogen-bond acceptors (Lipinski definition) is 3. The van der Waals surface area contributed by atoms with Crippen molar-refractivity contribution in [2.24, 2.45) is 0 Å². The van der Waals surface area contributed by atoms with Crippen molar-refractivity contribution in [2.75, 3.05) is 32.1 Å². The molecule has 0 saturated carbocycles. The van der Waals surface area contributed by atoms with Crippen LogP contribution in [0.2, 0.25) is 0 Å². The molecule has 102 valence electrons. The van der Waals surface area contributed by atoms with Gasteiger partial charge in [0.1, 0.15) is 0 Å². The zero-order valence-corrected chi connectivity index (χ0v) is 12.2. The minimum Gasteiger partial charge on any atom is -0.389 e. The number of hydrogen-bond donors (Lipinski definition) is 1. The smallest absolute Gasteiger partial charge is 0.0761 e. The fourth-order valence-electron chi connectivity index (χ4n) is 2.32. The van der Waals surface area contributed by atoms with E-state index < -0.39 is 6.10 Å². The Morgan fingerprint density at radius 1 is 1.11 bits per heavy atom. The molecule has 1 rings (SSSR count). The molecule has 0 aliphatic carbocycles. The first-order chi connectivity index (χ1) is 8.45. The molecular formula is C15H26N2O. The molecule has 0 saturated heterocycles. The molecule has 3 heteroatoms. The Morgan fingerprint density at radius 3 is 2.06 bits per heavy atom. The number of anilines is 1. The molecule has 0 spiro atoms. The second-order valence-corrected chi connectivity index (χ2v) is 5.16. The lowest BCUT2D eigenvalue weighted by Gasteiger charge is -2.32. The lowest BCUT2D eigenvalue weighted by atomic mass is 10.1. The Morgan fingerprint density at radius 2 is 1.67 bits per heavy atom. The van der Waals surface area contributed by atoms with Crippen molar-refractivity contribution in [3.63, 3.8) is 0 Å². The summed E-state index contributed by atoms with van der Waals surface area (Å²) in [6.45, 7) is 8.23. The van der Waals surface area contributed by atoms with E-state index >= 15 is 0 Å². The number of aliphatic hydroxyl groups excluding tert-OH is 1. The molecule has 0 aliphatic rings. The van der Waals surface area contributed by atoms with Crippen LogP contribution in [0.25, 0.3) is 0 Å². The van der Waals surface area contributed by atoms with Crippen LogP contribution in [0.1, 0.15) is 32.4 Å². The molecule has 0 aliphatic heterocycles. The lowest BCUT2D eigenvalue weighted by Crippen LogP contribution is -2.40. The van der Waals surface area contributed by atoms with E-state index in [-0.39, 0.29) is 0 Å². The Balaban J connectivity index is 2.81. The quantitative estimate of drug-likeness (QED) is 0.840. The van der Waals surface area contributed by atoms with Crippen molar-refractivity contribution in [3.8, 4) is 0 Å². The summed E-state index contributed by atoms with van der Waals surface area (Å²) in [4.78, 5) is 4.59. The Bertz CT molecular complexity index is 346. The third-order valence-electron chi connectivity index (χ3n) is 3.21. The van der Waals surface area contributed by atoms with E-state index in [1.54, 1.807) is 6.92 Å². The van der Waals surface area contributed by atoms with Crippen molar-refractivity contribution in [1.82, 2.24) is 4.90 Å². The Labute approximate surface area is 111 Å². The molecule has 1 aromatic carbocycles. The van der Waals surface area contributed by atoms with Gasteiger partial charge in [0, 0.05) is 24.8 Å². The largest absolute Gasteiger partial charge is 0.389 e. The van der Waals surface area contributed by atoms with Crippen LogP contribution in [0.3, 0.4) is 0 Å². The van der Waals surface area contributed by atoms with Gasteiger partial charge >= 0.3 is 0 Å². The van der Waals surface area contributed by atoms with Crippen molar-refractivity contribution in [2.45, 2.75) is 32.9 Å². The zero-order valence-electron chi connectivity index (χ0n) is 12.2. The van der Waals surface area contributed by atoms with Gasteiger partial charge in [0.25, 0.3) is 0 Å². The van der Waals surface area contributed by atoms with E-state index in [2.05, 4.69) is 49.9 Å². The van der Waals surface area contributed by atoms with E-state index in [4.69, 9.17) is 0 Å². The number of rotatable bonds is 6. The van der Waals surface area contributed by atoms with Gasteiger partial charge in [-0.3, -0.25) is 0 Å². The van der Waals surface area contributed by atoms with E-state index in [0.29, 0.717) is 6.04 Å². The van der Waals surface area contributed by atoms with Gasteiger partial charge in [-0.25, -0.2) is 0 Å². The molecular weight excluding hydrogens is 224 g/mol. The number of benzene rings is 1. The number of nitrogens with zero attached hydrogens (tertiary/aromatic N) is 2. The Kier molecular flexibility index (Phi) is 5.63. The van der Waals surface area contributed by atoms with Crippen LogP contribution >= 0.6 is 0 Å². The van der Waals surface area contributed by atoms with Crippen LogP contribution in [0, 0.1) is 0 Å². The van der Waals surface area contributed by atoms with Gasteiger partial charge < -0.3 is 14.9 Å². The molecule has 1 unspecified atom stereocenters. The molecule has 1 aromatic rings. The summed E-state index contributed by atoms with van der Waals surface area (Å²) < 4.78 is 0. The third kappa shape index (κ3) is 4.00. The van der Waals surface area contributed by atoms with Crippen LogP contribution in [-0.4, -0.2) is 43.2 Å². The predicted molar refractivity (Wildman–Crippen MR) is 78.1 cm³/mol. The second-order valence-electron chi connectivity index (χ2n) is 5.16. The highest BCUT2D eigenvalue weighted by Crippen LogP contribution is 2.20. The van der Waals surface area contributed by atoms with E-state index in [1.807, 2.05) is 12.1 Å². The van der Waals surface area contributed by atoms with E-state index in [0.717, 1.165) is 18.7 Å². The summed E-state index contributed by atoms with van der Waals surface area (Å²) in [5.74, 6) is 0. The summed E-state index contributed by atoms with van der Waals surface area (Å²) in [6, 6.07) is 8.67. The summed E-state index contributed by atoms with van der Waals surface area (Å²) in [5.41, 5.74) is 2.19. The van der Waals surface area contributed by atoms with Crippen molar-refractivity contribution >= 4 is 5.69 Å². The third-order valence-corrected chi connectivity index (χ3v) is 3.21. The van der Waals surface area contributed by atoms with Gasteiger partial charge in [-0.15, -0.1) is 0 Å². The van der Waals surface area contributed by atoms with Gasteiger partial charge in [-0.1, -0.05) is 12.1 Å². The monoisotopic (exact) mass is 250 g/mol. The fraction of sp³-hybridized carbons (Fsp3) is 0.600. The van der Waals surface area contributed by atoms with Gasteiger partial charge in [0.15, 0.2) is 0 Å². The first kappa shape index (κ1) is 15.0. The van der Waals surface area contributed by atoms with Gasteiger partial charge in [0.2, 0.25) is 0 Å². The first-order valence-corrected chi connectivity index (χ1v) is 6.65. The van der Waals surface area contributed by atoms with Crippen LogP contribution in [0.4, 0.5) is 5.69 Å². The highest BCUT2D eigenvalue weighted by molar-refractivity contribution is 5.48. The summed E-state index contributed by atoms with van der Waals surface area (Å²) in [7, 11) is 4.20. The Hall–Kier alpha value is -1.06. The van der Waals surface area contributed by atoms with Crippen molar-refractivity contribution in [1.29, 1.82) is 0 Å². The maximum Gasteiger partial charge on any atom is 0.0761 e. The maximum atomic E-state index is 9.52. The number of likely N-dealkylation sites (N-methyl/N-ethyl adjacent to an activating group) is 2. The highest BCUT2D eigenvalue weighted by Gasteiger charge is 2.13. The molecule has 0 heterocycles. The normalized spacial score (nSPS) is 14.6. The maximum absolute atomic E-state index is 9.52. The minimum atomic E-state index is -0.395. The summed E-state index contributed by atoms with van der Waals surface area (Å²) in [5, 5.41) is 9.52. The summed E-state index contributed by atoms with van der Waals surface area (Å²) >= 11 is 0. The van der Waals surface area contributed by atoms with Crippen molar-refractivity contribution < 1.29 is 5.11 Å². The van der Waals surface area contributed by atoms with Crippen LogP contribution in [0.5, 0.6) is 0 Å². The molecule has 1 N–H and O–H groups in total. The minimum absolute atomic E-state index is 0.395. The SMILES string of the molecule is CCN(c1ccc([C@H](C)O)cc1)C(C)CN(C)C. The van der Waals surface area contributed by atoms with Crippen LogP contribution < -0.4 is 4.90 Å². The van der Waals surface area contributed by atoms with Gasteiger partial charge in [-0.05, 0) is 52.6 Å². The molecule has 0 aromatic heterocycles. The average Bonchev–Trinajstić information content (AvgIpc) is 2.29. The second kappa shape index (κ2) is 6.76. The van der Waals surface area contributed by atoms with E-state index in [9.17, 15) is 5.11 Å². The molecule has 0 bridgehead atoms. The molecule has 18 heavy (non-hydrogen) atoms. The van der Waals surface area contributed by atoms with Gasteiger partial charge in [-0.2, -0.15) is 0 Å². The molecule has 0 radical (unpaired) electrons. The fourth-order valence-corrected chi connectivity index (χ4v) is 2.32. The topological polar surface area (TPSA) is 26.7 Å². The summed E-state index contributed by atoms with van der Waals surface area (Å²) in [6.07, 6.45) is -0.395. The molecule has 0 amide bonds. The van der Waals surface area contributed by atoms with Crippen LogP contribution in [-0.2, 0) is 0 Å². The molecule has 0 fully saturated rings. The van der Waals surface area contributed by atoms with Crippen molar-refractivity contribution in [3.05, 3.63) is 29.8 Å². The van der Waals surface area contributed by atoms with Crippen LogP contribution in [0.15, 0.2) is 24.3 Å². The highest BCUT2D eigenvalue weighted by atomic mass is 16.3. The molecule has 2 atom stereocenters. The zero-order chi connectivity index (χ0) is 13.7. The average molecular weight is 250 g/mol. The number of aliphatic hydroxyl groups is 1. The predicted octanol–water partition coefficient (Wildman–Crippen LogP) is 2.52. The lowest BCUT2D eigenvalue weighted by molar-refractivity contribution is 0.199. The standard InChI is InChI=1S/C15H26N2O/c1-6-17(12(2)11-16(4)5)15-9-7-14(8-10-15)13(3)18/h7-10,12-13,18H,6,11H2,1-5H3/t12?,13-/m0/s1.